The summed E-state index contributed by atoms with van der Waals surface area (Å²) in [7, 11) is -4.29. The van der Waals surface area contributed by atoms with Crippen LogP contribution < -0.4 is 10.0 Å². The summed E-state index contributed by atoms with van der Waals surface area (Å²) in [5, 5.41) is 2.25. The van der Waals surface area contributed by atoms with Gasteiger partial charge in [0.05, 0.1) is 10.1 Å². The van der Waals surface area contributed by atoms with Crippen LogP contribution in [0.15, 0.2) is 58.3 Å². The second-order valence-corrected chi connectivity index (χ2v) is 9.21. The van der Waals surface area contributed by atoms with E-state index >= 15 is 0 Å². The predicted molar refractivity (Wildman–Crippen MR) is 103 cm³/mol. The third kappa shape index (κ3) is 6.84. The van der Waals surface area contributed by atoms with E-state index in [9.17, 15) is 26.4 Å². The van der Waals surface area contributed by atoms with Gasteiger partial charge < -0.3 is 5.32 Å². The molecule has 0 aliphatic carbocycles. The lowest BCUT2D eigenvalue weighted by Crippen LogP contribution is -2.33. The highest BCUT2D eigenvalue weighted by molar-refractivity contribution is 8.00. The molecule has 0 saturated heterocycles. The van der Waals surface area contributed by atoms with Crippen molar-refractivity contribution in [2.45, 2.75) is 35.1 Å². The molecule has 1 unspecified atom stereocenters. The lowest BCUT2D eigenvalue weighted by Gasteiger charge is -2.13. The average molecular weight is 432 g/mol. The van der Waals surface area contributed by atoms with Crippen molar-refractivity contribution >= 4 is 33.4 Å². The fourth-order valence-corrected chi connectivity index (χ4v) is 3.98. The van der Waals surface area contributed by atoms with Gasteiger partial charge in [-0.05, 0) is 50.2 Å². The number of sulfonamides is 1. The third-order valence-corrected chi connectivity index (χ3v) is 6.13. The minimum Gasteiger partial charge on any atom is -0.325 e. The molecular formula is C18H19F3N2O3S2. The summed E-state index contributed by atoms with van der Waals surface area (Å²) in [5.74, 6) is -0.281. The van der Waals surface area contributed by atoms with Crippen LogP contribution in [0.2, 0.25) is 0 Å². The SMILES string of the molecule is Cc1ccc(SC(C)C(=O)Nc2ccc(S(=O)(=O)NCC(F)(F)F)cc2)cc1. The van der Waals surface area contributed by atoms with Crippen molar-refractivity contribution in [3.05, 3.63) is 54.1 Å². The monoisotopic (exact) mass is 432 g/mol. The molecule has 0 bridgehead atoms. The van der Waals surface area contributed by atoms with Gasteiger partial charge in [0.2, 0.25) is 15.9 Å². The van der Waals surface area contributed by atoms with Crippen LogP contribution in [0.5, 0.6) is 0 Å². The molecule has 1 atom stereocenters. The van der Waals surface area contributed by atoms with Crippen molar-refractivity contribution in [1.82, 2.24) is 4.72 Å². The van der Waals surface area contributed by atoms with Crippen LogP contribution in [0.25, 0.3) is 0 Å². The van der Waals surface area contributed by atoms with Gasteiger partial charge in [0.15, 0.2) is 0 Å². The van der Waals surface area contributed by atoms with Gasteiger partial charge in [0, 0.05) is 10.6 Å². The maximum Gasteiger partial charge on any atom is 0.402 e. The number of halogens is 3. The standard InChI is InChI=1S/C18H19F3N2O3S2/c1-12-3-7-15(8-4-12)27-13(2)17(24)23-14-5-9-16(10-6-14)28(25,26)22-11-18(19,20)21/h3-10,13,22H,11H2,1-2H3,(H,23,24). The van der Waals surface area contributed by atoms with Crippen LogP contribution in [0.1, 0.15) is 12.5 Å². The van der Waals surface area contributed by atoms with Gasteiger partial charge in [-0.1, -0.05) is 17.7 Å². The molecular weight excluding hydrogens is 413 g/mol. The Morgan fingerprint density at radius 3 is 2.18 bits per heavy atom. The zero-order chi connectivity index (χ0) is 20.9. The van der Waals surface area contributed by atoms with Crippen LogP contribution in [0.3, 0.4) is 0 Å². The van der Waals surface area contributed by atoms with E-state index in [1.54, 1.807) is 6.92 Å². The Balaban J connectivity index is 1.97. The molecule has 10 heteroatoms. The summed E-state index contributed by atoms with van der Waals surface area (Å²) in [5.41, 5.74) is 1.46. The molecule has 0 fully saturated rings. The topological polar surface area (TPSA) is 75.3 Å². The number of rotatable bonds is 7. The van der Waals surface area contributed by atoms with Crippen molar-refractivity contribution in [2.24, 2.45) is 0 Å². The maximum atomic E-state index is 12.3. The lowest BCUT2D eigenvalue weighted by atomic mass is 10.2. The molecule has 2 aromatic rings. The quantitative estimate of drug-likeness (QED) is 0.650. The van der Waals surface area contributed by atoms with Gasteiger partial charge in [-0.15, -0.1) is 11.8 Å². The maximum absolute atomic E-state index is 12.3. The van der Waals surface area contributed by atoms with E-state index in [1.165, 1.54) is 28.6 Å². The van der Waals surface area contributed by atoms with Gasteiger partial charge in [-0.25, -0.2) is 13.1 Å². The van der Waals surface area contributed by atoms with Crippen LogP contribution in [0.4, 0.5) is 18.9 Å². The molecule has 0 aromatic heterocycles. The fraction of sp³-hybridized carbons (Fsp3) is 0.278. The summed E-state index contributed by atoms with van der Waals surface area (Å²) in [6, 6.07) is 12.6. The van der Waals surface area contributed by atoms with Crippen molar-refractivity contribution in [2.75, 3.05) is 11.9 Å². The van der Waals surface area contributed by atoms with Crippen molar-refractivity contribution < 1.29 is 26.4 Å². The van der Waals surface area contributed by atoms with Gasteiger partial charge in [-0.2, -0.15) is 13.2 Å². The average Bonchev–Trinajstić information content (AvgIpc) is 2.62. The highest BCUT2D eigenvalue weighted by atomic mass is 32.2. The Hall–Kier alpha value is -2.04. The van der Waals surface area contributed by atoms with Gasteiger partial charge in [-0.3, -0.25) is 4.79 Å². The molecule has 0 radical (unpaired) electrons. The number of nitrogens with one attached hydrogen (secondary N) is 2. The largest absolute Gasteiger partial charge is 0.402 e. The normalized spacial score (nSPS) is 13.2. The lowest BCUT2D eigenvalue weighted by molar-refractivity contribution is -0.121. The molecule has 2 rings (SSSR count). The van der Waals surface area contributed by atoms with E-state index in [-0.39, 0.29) is 10.8 Å². The minimum absolute atomic E-state index is 0.281. The number of carbonyl (C=O) groups excluding carboxylic acids is 1. The molecule has 152 valence electrons. The number of carbonyl (C=O) groups is 1. The smallest absolute Gasteiger partial charge is 0.325 e. The summed E-state index contributed by atoms with van der Waals surface area (Å²) in [6.45, 7) is 2.05. The molecule has 0 aliphatic rings. The Morgan fingerprint density at radius 2 is 1.64 bits per heavy atom. The zero-order valence-electron chi connectivity index (χ0n) is 15.1. The first-order valence-electron chi connectivity index (χ1n) is 8.17. The molecule has 2 N–H and O–H groups in total. The number of anilines is 1. The highest BCUT2D eigenvalue weighted by Gasteiger charge is 2.30. The molecule has 1 amide bonds. The van der Waals surface area contributed by atoms with Gasteiger partial charge in [0.25, 0.3) is 0 Å². The van der Waals surface area contributed by atoms with Crippen molar-refractivity contribution in [3.8, 4) is 0 Å². The van der Waals surface area contributed by atoms with Gasteiger partial charge in [0.1, 0.15) is 6.54 Å². The number of hydrogen-bond donors (Lipinski definition) is 2. The molecule has 0 spiro atoms. The minimum atomic E-state index is -4.65. The van der Waals surface area contributed by atoms with E-state index in [2.05, 4.69) is 5.32 Å². The van der Waals surface area contributed by atoms with E-state index in [4.69, 9.17) is 0 Å². The van der Waals surface area contributed by atoms with Gasteiger partial charge >= 0.3 is 6.18 Å². The molecule has 0 heterocycles. The summed E-state index contributed by atoms with van der Waals surface area (Å²) < 4.78 is 61.7. The number of benzene rings is 2. The number of amides is 1. The number of aryl methyl sites for hydroxylation is 1. The van der Waals surface area contributed by atoms with Crippen molar-refractivity contribution in [3.63, 3.8) is 0 Å². The van der Waals surface area contributed by atoms with Crippen LogP contribution >= 0.6 is 11.8 Å². The Bertz CT molecular complexity index is 913. The van der Waals surface area contributed by atoms with Crippen LogP contribution in [-0.4, -0.2) is 32.3 Å². The molecule has 28 heavy (non-hydrogen) atoms. The first-order chi connectivity index (χ1) is 13.0. The Labute approximate surface area is 165 Å². The van der Waals surface area contributed by atoms with Crippen LogP contribution in [0, 0.1) is 6.92 Å². The zero-order valence-corrected chi connectivity index (χ0v) is 16.7. The first-order valence-corrected chi connectivity index (χ1v) is 10.5. The van der Waals surface area contributed by atoms with E-state index in [1.807, 2.05) is 31.2 Å². The molecule has 0 aliphatic heterocycles. The second kappa shape index (κ2) is 8.97. The first kappa shape index (κ1) is 22.3. The summed E-state index contributed by atoms with van der Waals surface area (Å²) in [4.78, 5) is 12.9. The molecule has 2 aromatic carbocycles. The molecule has 5 nitrogen and oxygen atoms in total. The van der Waals surface area contributed by atoms with E-state index < -0.39 is 28.0 Å². The number of thioether (sulfide) groups is 1. The van der Waals surface area contributed by atoms with Crippen molar-refractivity contribution in [1.29, 1.82) is 0 Å². The summed E-state index contributed by atoms with van der Waals surface area (Å²) in [6.07, 6.45) is -4.65. The predicted octanol–water partition coefficient (Wildman–Crippen LogP) is 3.95. The summed E-state index contributed by atoms with van der Waals surface area (Å²) >= 11 is 1.37. The van der Waals surface area contributed by atoms with E-state index in [0.717, 1.165) is 22.6 Å². The third-order valence-electron chi connectivity index (χ3n) is 3.60. The number of alkyl halides is 3. The Kier molecular flexibility index (Phi) is 7.13. The van der Waals surface area contributed by atoms with Crippen LogP contribution in [-0.2, 0) is 14.8 Å². The highest BCUT2D eigenvalue weighted by Crippen LogP contribution is 2.25. The van der Waals surface area contributed by atoms with E-state index in [0.29, 0.717) is 5.69 Å². The molecule has 0 saturated carbocycles. The number of hydrogen-bond acceptors (Lipinski definition) is 4. The fourth-order valence-electron chi connectivity index (χ4n) is 2.10. The second-order valence-electron chi connectivity index (χ2n) is 6.03. The Morgan fingerprint density at radius 1 is 1.07 bits per heavy atom.